The van der Waals surface area contributed by atoms with Crippen molar-refractivity contribution in [2.24, 2.45) is 5.73 Å². The maximum atomic E-state index is 12.2. The number of amides is 3. The minimum absolute atomic E-state index is 0.308. The number of carbonyl (C=O) groups excluding carboxylic acids is 3. The van der Waals surface area contributed by atoms with Gasteiger partial charge in [-0.1, -0.05) is 0 Å². The summed E-state index contributed by atoms with van der Waals surface area (Å²) in [5, 5.41) is 2.41. The summed E-state index contributed by atoms with van der Waals surface area (Å²) >= 11 is 0. The van der Waals surface area contributed by atoms with Crippen molar-refractivity contribution in [2.75, 3.05) is 18.4 Å². The van der Waals surface area contributed by atoms with Crippen LogP contribution in [-0.4, -0.2) is 47.8 Å². The highest BCUT2D eigenvalue weighted by molar-refractivity contribution is 5.92. The molecule has 1 aromatic rings. The Kier molecular flexibility index (Phi) is 5.51. The van der Waals surface area contributed by atoms with Gasteiger partial charge in [0.05, 0.1) is 12.1 Å². The molecule has 1 atom stereocenters. The van der Waals surface area contributed by atoms with E-state index >= 15 is 0 Å². The first-order valence-corrected chi connectivity index (χ1v) is 7.99. The summed E-state index contributed by atoms with van der Waals surface area (Å²) in [5.74, 6) is -0.485. The number of nitrogens with one attached hydrogen (secondary N) is 1. The lowest BCUT2D eigenvalue weighted by atomic mass is 10.2. The number of primary amides is 1. The molecule has 8 nitrogen and oxygen atoms in total. The van der Waals surface area contributed by atoms with Gasteiger partial charge in [-0.25, -0.2) is 14.4 Å². The van der Waals surface area contributed by atoms with Gasteiger partial charge in [0.15, 0.2) is 0 Å². The van der Waals surface area contributed by atoms with E-state index in [0.29, 0.717) is 30.8 Å². The molecule has 0 aliphatic carbocycles. The molecule has 1 heterocycles. The van der Waals surface area contributed by atoms with Crippen molar-refractivity contribution in [3.05, 3.63) is 29.8 Å². The standard InChI is InChI=1S/C17H23N3O5/c1-17(2,3)25-16(23)20-9-8-13(10-20)24-14(21)11-4-6-12(7-5-11)19-15(18)22/h4-7,13H,8-10H2,1-3H3,(H3,18,19,22)/t13-/m1/s1. The molecule has 25 heavy (non-hydrogen) atoms. The van der Waals surface area contributed by atoms with Crippen molar-refractivity contribution in [1.29, 1.82) is 0 Å². The van der Waals surface area contributed by atoms with Gasteiger partial charge in [0, 0.05) is 18.7 Å². The molecule has 8 heteroatoms. The second-order valence-corrected chi connectivity index (χ2v) is 6.81. The first-order valence-electron chi connectivity index (χ1n) is 7.99. The number of rotatable bonds is 3. The van der Waals surface area contributed by atoms with E-state index in [0.717, 1.165) is 0 Å². The van der Waals surface area contributed by atoms with Gasteiger partial charge in [-0.2, -0.15) is 0 Å². The van der Waals surface area contributed by atoms with Crippen molar-refractivity contribution in [1.82, 2.24) is 4.90 Å². The highest BCUT2D eigenvalue weighted by atomic mass is 16.6. The lowest BCUT2D eigenvalue weighted by molar-refractivity contribution is 0.0191. The highest BCUT2D eigenvalue weighted by Gasteiger charge is 2.31. The average Bonchev–Trinajstić information content (AvgIpc) is 2.94. The Labute approximate surface area is 146 Å². The van der Waals surface area contributed by atoms with Crippen LogP contribution in [0.3, 0.4) is 0 Å². The van der Waals surface area contributed by atoms with E-state index in [1.54, 1.807) is 32.9 Å². The zero-order valence-corrected chi connectivity index (χ0v) is 14.6. The van der Waals surface area contributed by atoms with Crippen molar-refractivity contribution < 1.29 is 23.9 Å². The van der Waals surface area contributed by atoms with Crippen LogP contribution in [0.5, 0.6) is 0 Å². The number of ether oxygens (including phenoxy) is 2. The Balaban J connectivity index is 1.87. The minimum atomic E-state index is -0.677. The van der Waals surface area contributed by atoms with Gasteiger partial charge in [0.1, 0.15) is 11.7 Å². The molecule has 2 rings (SSSR count). The third kappa shape index (κ3) is 5.66. The summed E-state index contributed by atoms with van der Waals surface area (Å²) in [6.07, 6.45) is -0.219. The first kappa shape index (κ1) is 18.6. The molecule has 3 N–H and O–H groups in total. The van der Waals surface area contributed by atoms with Crippen LogP contribution in [0.4, 0.5) is 15.3 Å². The fourth-order valence-electron chi connectivity index (χ4n) is 2.37. The molecule has 0 bridgehead atoms. The van der Waals surface area contributed by atoms with E-state index in [9.17, 15) is 14.4 Å². The normalized spacial score (nSPS) is 17.1. The number of hydrogen-bond acceptors (Lipinski definition) is 5. The molecule has 0 saturated carbocycles. The van der Waals surface area contributed by atoms with E-state index in [-0.39, 0.29) is 6.10 Å². The summed E-state index contributed by atoms with van der Waals surface area (Å²) in [6.45, 7) is 6.19. The predicted molar refractivity (Wildman–Crippen MR) is 91.3 cm³/mol. The zero-order chi connectivity index (χ0) is 18.6. The predicted octanol–water partition coefficient (Wildman–Crippen LogP) is 2.34. The van der Waals surface area contributed by atoms with Crippen LogP contribution in [0.2, 0.25) is 0 Å². The van der Waals surface area contributed by atoms with Crippen LogP contribution in [-0.2, 0) is 9.47 Å². The molecule has 1 saturated heterocycles. The van der Waals surface area contributed by atoms with Gasteiger partial charge >= 0.3 is 18.1 Å². The maximum absolute atomic E-state index is 12.2. The maximum Gasteiger partial charge on any atom is 0.410 e. The molecular weight excluding hydrogens is 326 g/mol. The van der Waals surface area contributed by atoms with Crippen molar-refractivity contribution >= 4 is 23.8 Å². The van der Waals surface area contributed by atoms with Crippen LogP contribution in [0, 0.1) is 0 Å². The Bertz CT molecular complexity index is 651. The Morgan fingerprint density at radius 2 is 1.84 bits per heavy atom. The fraction of sp³-hybridized carbons (Fsp3) is 0.471. The largest absolute Gasteiger partial charge is 0.457 e. The summed E-state index contributed by atoms with van der Waals surface area (Å²) < 4.78 is 10.7. The number of urea groups is 1. The quantitative estimate of drug-likeness (QED) is 0.814. The molecule has 3 amide bonds. The van der Waals surface area contributed by atoms with E-state index in [1.807, 2.05) is 0 Å². The SMILES string of the molecule is CC(C)(C)OC(=O)N1CC[C@@H](OC(=O)c2ccc(NC(N)=O)cc2)C1. The lowest BCUT2D eigenvalue weighted by Gasteiger charge is -2.24. The molecule has 136 valence electrons. The van der Waals surface area contributed by atoms with Crippen LogP contribution in [0.1, 0.15) is 37.6 Å². The summed E-state index contributed by atoms with van der Waals surface area (Å²) in [4.78, 5) is 36.5. The number of carbonyl (C=O) groups is 3. The van der Waals surface area contributed by atoms with Gasteiger partial charge in [0.2, 0.25) is 0 Å². The molecule has 0 spiro atoms. The Hall–Kier alpha value is -2.77. The first-order chi connectivity index (χ1) is 11.6. The Morgan fingerprint density at radius 3 is 2.40 bits per heavy atom. The molecule has 0 unspecified atom stereocenters. The topological polar surface area (TPSA) is 111 Å². The van der Waals surface area contributed by atoms with Crippen LogP contribution >= 0.6 is 0 Å². The number of nitrogens with two attached hydrogens (primary N) is 1. The zero-order valence-electron chi connectivity index (χ0n) is 14.6. The average molecular weight is 349 g/mol. The smallest absolute Gasteiger partial charge is 0.410 e. The number of hydrogen-bond donors (Lipinski definition) is 2. The van der Waals surface area contributed by atoms with Crippen LogP contribution < -0.4 is 11.1 Å². The third-order valence-electron chi connectivity index (χ3n) is 3.46. The summed E-state index contributed by atoms with van der Waals surface area (Å²) in [7, 11) is 0. The van der Waals surface area contributed by atoms with Gasteiger partial charge in [0.25, 0.3) is 0 Å². The van der Waals surface area contributed by atoms with E-state index < -0.39 is 23.7 Å². The molecule has 1 aliphatic rings. The summed E-state index contributed by atoms with van der Waals surface area (Å²) in [6, 6.07) is 5.51. The van der Waals surface area contributed by atoms with Crippen molar-refractivity contribution in [3.63, 3.8) is 0 Å². The van der Waals surface area contributed by atoms with Gasteiger partial charge in [-0.3, -0.25) is 0 Å². The number of likely N-dealkylation sites (tertiary alicyclic amines) is 1. The summed E-state index contributed by atoms with van der Waals surface area (Å²) in [5.41, 5.74) is 5.30. The molecule has 0 radical (unpaired) electrons. The Morgan fingerprint density at radius 1 is 1.20 bits per heavy atom. The second-order valence-electron chi connectivity index (χ2n) is 6.81. The second kappa shape index (κ2) is 7.42. The molecule has 1 fully saturated rings. The molecule has 1 aromatic carbocycles. The number of benzene rings is 1. The number of nitrogens with zero attached hydrogens (tertiary/aromatic N) is 1. The highest BCUT2D eigenvalue weighted by Crippen LogP contribution is 2.19. The van der Waals surface area contributed by atoms with Crippen molar-refractivity contribution in [3.8, 4) is 0 Å². The minimum Gasteiger partial charge on any atom is -0.457 e. The third-order valence-corrected chi connectivity index (χ3v) is 3.46. The monoisotopic (exact) mass is 349 g/mol. The lowest BCUT2D eigenvalue weighted by Crippen LogP contribution is -2.36. The number of esters is 1. The van der Waals surface area contributed by atoms with E-state index in [1.165, 1.54) is 17.0 Å². The van der Waals surface area contributed by atoms with Crippen LogP contribution in [0.15, 0.2) is 24.3 Å². The van der Waals surface area contributed by atoms with E-state index in [2.05, 4.69) is 5.32 Å². The van der Waals surface area contributed by atoms with Crippen molar-refractivity contribution in [2.45, 2.75) is 38.9 Å². The molecular formula is C17H23N3O5. The molecule has 0 aromatic heterocycles. The van der Waals surface area contributed by atoms with Gasteiger partial charge in [-0.05, 0) is 45.0 Å². The molecule has 1 aliphatic heterocycles. The van der Waals surface area contributed by atoms with Crippen LogP contribution in [0.25, 0.3) is 0 Å². The fourth-order valence-corrected chi connectivity index (χ4v) is 2.37. The number of anilines is 1. The van der Waals surface area contributed by atoms with Gasteiger partial charge in [-0.15, -0.1) is 0 Å². The van der Waals surface area contributed by atoms with Gasteiger partial charge < -0.3 is 25.4 Å². The van der Waals surface area contributed by atoms with E-state index in [4.69, 9.17) is 15.2 Å².